The van der Waals surface area contributed by atoms with Crippen molar-refractivity contribution in [3.8, 4) is 0 Å². The van der Waals surface area contributed by atoms with Gasteiger partial charge in [0.15, 0.2) is 17.7 Å². The molecule has 5 rings (SSSR count). The summed E-state index contributed by atoms with van der Waals surface area (Å²) in [6.07, 6.45) is 6.46. The highest BCUT2D eigenvalue weighted by Crippen LogP contribution is 2.50. The Morgan fingerprint density at radius 3 is 2.85 bits per heavy atom. The summed E-state index contributed by atoms with van der Waals surface area (Å²) >= 11 is 0. The SMILES string of the molecule is CO[C@@H]1[C@H](O)[C@@H](COC23CCC(CC2)C3)O[C@H]1n1cnc2c(N)ncnc21. The molecule has 2 bridgehead atoms. The number of methoxy groups -OCH3 is 1. The van der Waals surface area contributed by atoms with Crippen LogP contribution in [0.15, 0.2) is 12.7 Å². The quantitative estimate of drug-likeness (QED) is 0.796. The third-order valence-corrected chi connectivity index (χ3v) is 6.48. The number of ether oxygens (including phenoxy) is 3. The first-order chi connectivity index (χ1) is 13.1. The molecule has 3 aliphatic rings. The van der Waals surface area contributed by atoms with Crippen molar-refractivity contribution in [2.45, 2.75) is 62.2 Å². The Hall–Kier alpha value is -1.81. The van der Waals surface area contributed by atoms with E-state index in [1.807, 2.05) is 0 Å². The van der Waals surface area contributed by atoms with E-state index in [0.29, 0.717) is 23.6 Å². The second kappa shape index (κ2) is 6.37. The smallest absolute Gasteiger partial charge is 0.167 e. The van der Waals surface area contributed by atoms with Gasteiger partial charge in [-0.05, 0) is 38.0 Å². The molecular formula is C18H25N5O4. The fraction of sp³-hybridized carbons (Fsp3) is 0.722. The van der Waals surface area contributed by atoms with E-state index in [1.54, 1.807) is 18.0 Å². The van der Waals surface area contributed by atoms with Crippen molar-refractivity contribution in [2.24, 2.45) is 5.92 Å². The molecule has 2 aromatic rings. The maximum atomic E-state index is 10.8. The lowest BCUT2D eigenvalue weighted by Gasteiger charge is -2.29. The standard InChI is InChI=1S/C18H25N5O4/c1-25-14-13(24)11(7-26-18-4-2-10(6-18)3-5-18)27-17(14)23-9-22-12-15(19)20-8-21-16(12)23/h8-11,13-14,17,24H,2-7H2,1H3,(H2,19,20,21)/t10?,11-,13-,14-,17-,18?/m1/s1. The zero-order chi connectivity index (χ0) is 18.6. The van der Waals surface area contributed by atoms with Gasteiger partial charge in [0.25, 0.3) is 0 Å². The molecular weight excluding hydrogens is 350 g/mol. The molecule has 9 heteroatoms. The Morgan fingerprint density at radius 2 is 2.15 bits per heavy atom. The number of anilines is 1. The van der Waals surface area contributed by atoms with Crippen LogP contribution in [0.25, 0.3) is 11.2 Å². The molecule has 0 unspecified atom stereocenters. The van der Waals surface area contributed by atoms with Gasteiger partial charge in [-0.1, -0.05) is 0 Å². The molecule has 3 N–H and O–H groups in total. The molecule has 27 heavy (non-hydrogen) atoms. The van der Waals surface area contributed by atoms with Gasteiger partial charge in [-0.2, -0.15) is 0 Å². The summed E-state index contributed by atoms with van der Waals surface area (Å²) < 4.78 is 19.7. The van der Waals surface area contributed by atoms with Gasteiger partial charge in [-0.15, -0.1) is 0 Å². The lowest BCUT2D eigenvalue weighted by atomic mass is 9.97. The predicted octanol–water partition coefficient (Wildman–Crippen LogP) is 1.03. The average molecular weight is 375 g/mol. The highest BCUT2D eigenvalue weighted by Gasteiger charge is 2.49. The van der Waals surface area contributed by atoms with Crippen LogP contribution < -0.4 is 5.73 Å². The van der Waals surface area contributed by atoms with Gasteiger partial charge in [0, 0.05) is 7.11 Å². The molecule has 2 aliphatic carbocycles. The van der Waals surface area contributed by atoms with Gasteiger partial charge in [0.2, 0.25) is 0 Å². The van der Waals surface area contributed by atoms with E-state index in [2.05, 4.69) is 15.0 Å². The first-order valence-corrected chi connectivity index (χ1v) is 9.53. The van der Waals surface area contributed by atoms with Gasteiger partial charge in [0.05, 0.1) is 18.5 Å². The van der Waals surface area contributed by atoms with E-state index in [1.165, 1.54) is 19.2 Å². The third-order valence-electron chi connectivity index (χ3n) is 6.48. The average Bonchev–Trinajstić information content (AvgIpc) is 3.42. The van der Waals surface area contributed by atoms with E-state index in [0.717, 1.165) is 25.2 Å². The summed E-state index contributed by atoms with van der Waals surface area (Å²) in [6.45, 7) is 0.355. The summed E-state index contributed by atoms with van der Waals surface area (Å²) in [5.74, 6) is 1.11. The minimum absolute atomic E-state index is 0.0161. The Bertz CT molecular complexity index is 834. The number of aliphatic hydroxyl groups is 1. The maximum absolute atomic E-state index is 10.8. The first-order valence-electron chi connectivity index (χ1n) is 9.53. The van der Waals surface area contributed by atoms with E-state index < -0.39 is 24.5 Å². The van der Waals surface area contributed by atoms with Crippen LogP contribution in [0.4, 0.5) is 5.82 Å². The van der Waals surface area contributed by atoms with Crippen molar-refractivity contribution in [1.82, 2.24) is 19.5 Å². The molecule has 1 saturated heterocycles. The van der Waals surface area contributed by atoms with E-state index in [-0.39, 0.29) is 5.60 Å². The second-order valence-electron chi connectivity index (χ2n) is 7.98. The Labute approximate surface area is 156 Å². The van der Waals surface area contributed by atoms with Crippen LogP contribution >= 0.6 is 0 Å². The highest BCUT2D eigenvalue weighted by atomic mass is 16.6. The normalized spacial score (nSPS) is 38.2. The first kappa shape index (κ1) is 17.3. The number of hydrogen-bond acceptors (Lipinski definition) is 8. The minimum Gasteiger partial charge on any atom is -0.387 e. The lowest BCUT2D eigenvalue weighted by Crippen LogP contribution is -2.38. The zero-order valence-corrected chi connectivity index (χ0v) is 15.3. The van der Waals surface area contributed by atoms with Crippen LogP contribution in [0.2, 0.25) is 0 Å². The summed E-state index contributed by atoms with van der Waals surface area (Å²) in [4.78, 5) is 12.5. The van der Waals surface area contributed by atoms with Crippen molar-refractivity contribution in [1.29, 1.82) is 0 Å². The van der Waals surface area contributed by atoms with E-state index >= 15 is 0 Å². The summed E-state index contributed by atoms with van der Waals surface area (Å²) in [5, 5.41) is 10.8. The predicted molar refractivity (Wildman–Crippen MR) is 95.7 cm³/mol. The molecule has 2 saturated carbocycles. The van der Waals surface area contributed by atoms with E-state index in [4.69, 9.17) is 19.9 Å². The van der Waals surface area contributed by atoms with Crippen LogP contribution in [0.1, 0.15) is 38.3 Å². The molecule has 0 radical (unpaired) electrons. The van der Waals surface area contributed by atoms with Crippen molar-refractivity contribution in [3.63, 3.8) is 0 Å². The summed E-state index contributed by atoms with van der Waals surface area (Å²) in [6, 6.07) is 0. The number of hydrogen-bond donors (Lipinski definition) is 2. The van der Waals surface area contributed by atoms with Crippen LogP contribution in [-0.2, 0) is 14.2 Å². The van der Waals surface area contributed by atoms with Crippen molar-refractivity contribution >= 4 is 17.0 Å². The van der Waals surface area contributed by atoms with Gasteiger partial charge in [-0.25, -0.2) is 15.0 Å². The minimum atomic E-state index is -0.799. The molecule has 0 amide bonds. The molecule has 3 fully saturated rings. The number of imidazole rings is 1. The monoisotopic (exact) mass is 375 g/mol. The largest absolute Gasteiger partial charge is 0.387 e. The Morgan fingerprint density at radius 1 is 1.33 bits per heavy atom. The lowest BCUT2D eigenvalue weighted by molar-refractivity contribution is -0.113. The van der Waals surface area contributed by atoms with Crippen LogP contribution in [0, 0.1) is 5.92 Å². The zero-order valence-electron chi connectivity index (χ0n) is 15.3. The third kappa shape index (κ3) is 2.72. The molecule has 9 nitrogen and oxygen atoms in total. The molecule has 3 heterocycles. The van der Waals surface area contributed by atoms with Gasteiger partial charge >= 0.3 is 0 Å². The van der Waals surface area contributed by atoms with E-state index in [9.17, 15) is 5.11 Å². The summed E-state index contributed by atoms with van der Waals surface area (Å²) in [5.41, 5.74) is 6.92. The van der Waals surface area contributed by atoms with Gasteiger partial charge < -0.3 is 25.1 Å². The second-order valence-corrected chi connectivity index (χ2v) is 7.98. The topological polar surface area (TPSA) is 118 Å². The number of aliphatic hydroxyl groups excluding tert-OH is 1. The molecule has 4 atom stereocenters. The van der Waals surface area contributed by atoms with Crippen molar-refractivity contribution < 1.29 is 19.3 Å². The number of nitrogen functional groups attached to an aromatic ring is 1. The number of fused-ring (bicyclic) bond motifs is 3. The van der Waals surface area contributed by atoms with Crippen LogP contribution in [0.3, 0.4) is 0 Å². The number of nitrogens with zero attached hydrogens (tertiary/aromatic N) is 4. The van der Waals surface area contributed by atoms with Crippen LogP contribution in [0.5, 0.6) is 0 Å². The number of rotatable bonds is 5. The van der Waals surface area contributed by atoms with Gasteiger partial charge in [-0.3, -0.25) is 4.57 Å². The number of nitrogens with two attached hydrogens (primary N) is 1. The molecule has 2 aromatic heterocycles. The Kier molecular flexibility index (Phi) is 4.08. The summed E-state index contributed by atoms with van der Waals surface area (Å²) in [7, 11) is 1.56. The van der Waals surface area contributed by atoms with Crippen molar-refractivity contribution in [3.05, 3.63) is 12.7 Å². The van der Waals surface area contributed by atoms with Crippen LogP contribution in [-0.4, -0.2) is 62.3 Å². The maximum Gasteiger partial charge on any atom is 0.167 e. The fourth-order valence-corrected chi connectivity index (χ4v) is 4.99. The molecule has 0 aromatic carbocycles. The van der Waals surface area contributed by atoms with Crippen molar-refractivity contribution in [2.75, 3.05) is 19.5 Å². The number of aromatic nitrogens is 4. The fourth-order valence-electron chi connectivity index (χ4n) is 4.99. The molecule has 1 aliphatic heterocycles. The Balaban J connectivity index is 1.36. The highest BCUT2D eigenvalue weighted by molar-refractivity contribution is 5.81. The van der Waals surface area contributed by atoms with Gasteiger partial charge in [0.1, 0.15) is 30.2 Å². The molecule has 146 valence electrons. The molecule has 0 spiro atoms.